The summed E-state index contributed by atoms with van der Waals surface area (Å²) in [6.45, 7) is 9.38. The van der Waals surface area contributed by atoms with Crippen LogP contribution in [0.2, 0.25) is 0 Å². The Bertz CT molecular complexity index is 262. The second-order valence-corrected chi connectivity index (χ2v) is 7.87. The normalized spacial score (nSPS) is 52.1. The molecule has 4 N–H and O–H groups in total. The van der Waals surface area contributed by atoms with E-state index in [0.717, 1.165) is 6.42 Å². The molecule has 4 unspecified atom stereocenters. The first-order valence-corrected chi connectivity index (χ1v) is 8.38. The molecule has 0 heterocycles. The van der Waals surface area contributed by atoms with Gasteiger partial charge in [0.05, 0.1) is 0 Å². The number of nitrogens with two attached hydrogens (primary N) is 2. The predicted octanol–water partition coefficient (Wildman–Crippen LogP) is 3.68. The van der Waals surface area contributed by atoms with Gasteiger partial charge in [-0.3, -0.25) is 0 Å². The molecule has 2 saturated carbocycles. The Morgan fingerprint density at radius 2 is 0.947 bits per heavy atom. The summed E-state index contributed by atoms with van der Waals surface area (Å²) in [4.78, 5) is 0. The Hall–Kier alpha value is -0.0800. The summed E-state index contributed by atoms with van der Waals surface area (Å²) < 4.78 is 0. The molecule has 2 aliphatic carbocycles. The average Bonchev–Trinajstić information content (AvgIpc) is 2.34. The monoisotopic (exact) mass is 266 g/mol. The highest BCUT2D eigenvalue weighted by atomic mass is 14.9. The van der Waals surface area contributed by atoms with E-state index < -0.39 is 0 Å². The van der Waals surface area contributed by atoms with Crippen LogP contribution in [0.3, 0.4) is 0 Å². The minimum Gasteiger partial charge on any atom is -0.325 e. The summed E-state index contributed by atoms with van der Waals surface area (Å²) in [5.41, 5.74) is 13.7. The zero-order valence-corrected chi connectivity index (χ0v) is 13.4. The number of hydrogen-bond donors (Lipinski definition) is 2. The highest BCUT2D eigenvalue weighted by molar-refractivity contribution is 5.07. The van der Waals surface area contributed by atoms with Crippen LogP contribution in [0.1, 0.15) is 72.6 Å². The van der Waals surface area contributed by atoms with E-state index >= 15 is 0 Å². The Labute approximate surface area is 119 Å². The first kappa shape index (κ1) is 15.3. The number of hydrogen-bond acceptors (Lipinski definition) is 2. The van der Waals surface area contributed by atoms with E-state index in [1.165, 1.54) is 38.5 Å². The average molecular weight is 266 g/mol. The molecule has 2 heteroatoms. The molecule has 0 amide bonds. The fraction of sp³-hybridized carbons (Fsp3) is 1.00. The van der Waals surface area contributed by atoms with Crippen LogP contribution >= 0.6 is 0 Å². The lowest BCUT2D eigenvalue weighted by Gasteiger charge is -2.54. The summed E-state index contributed by atoms with van der Waals surface area (Å²) in [5.74, 6) is 2.44. The minimum atomic E-state index is -0.0487. The zero-order chi connectivity index (χ0) is 14.3. The van der Waals surface area contributed by atoms with E-state index in [1.54, 1.807) is 0 Å². The van der Waals surface area contributed by atoms with Crippen molar-refractivity contribution in [3.8, 4) is 0 Å². The molecule has 2 fully saturated rings. The summed E-state index contributed by atoms with van der Waals surface area (Å²) in [5, 5.41) is 0. The van der Waals surface area contributed by atoms with Crippen molar-refractivity contribution in [1.82, 2.24) is 0 Å². The van der Waals surface area contributed by atoms with Crippen molar-refractivity contribution >= 4 is 0 Å². The largest absolute Gasteiger partial charge is 0.325 e. The van der Waals surface area contributed by atoms with Crippen LogP contribution in [0.4, 0.5) is 0 Å². The van der Waals surface area contributed by atoms with E-state index in [1.807, 2.05) is 0 Å². The lowest BCUT2D eigenvalue weighted by Crippen LogP contribution is -2.64. The van der Waals surface area contributed by atoms with Gasteiger partial charge >= 0.3 is 0 Å². The van der Waals surface area contributed by atoms with Crippen LogP contribution in [-0.4, -0.2) is 11.1 Å². The van der Waals surface area contributed by atoms with Crippen molar-refractivity contribution in [3.05, 3.63) is 0 Å². The van der Waals surface area contributed by atoms with Crippen molar-refractivity contribution in [2.75, 3.05) is 0 Å². The van der Waals surface area contributed by atoms with Gasteiger partial charge in [0, 0.05) is 11.1 Å². The summed E-state index contributed by atoms with van der Waals surface area (Å²) >= 11 is 0. The molecule has 4 atom stereocenters. The van der Waals surface area contributed by atoms with Gasteiger partial charge < -0.3 is 11.5 Å². The van der Waals surface area contributed by atoms with Crippen molar-refractivity contribution in [3.63, 3.8) is 0 Å². The Morgan fingerprint density at radius 3 is 1.21 bits per heavy atom. The van der Waals surface area contributed by atoms with Gasteiger partial charge in [-0.15, -0.1) is 0 Å². The third kappa shape index (κ3) is 2.58. The van der Waals surface area contributed by atoms with Crippen molar-refractivity contribution in [2.45, 2.75) is 83.7 Å². The first-order chi connectivity index (χ1) is 8.80. The second kappa shape index (κ2) is 5.37. The van der Waals surface area contributed by atoms with Crippen LogP contribution < -0.4 is 11.5 Å². The molecule has 2 aliphatic rings. The van der Waals surface area contributed by atoms with Crippen LogP contribution in [0.5, 0.6) is 0 Å². The topological polar surface area (TPSA) is 52.0 Å². The maximum Gasteiger partial charge on any atom is 0.0223 e. The molecule has 0 aromatic heterocycles. The fourth-order valence-electron chi connectivity index (χ4n) is 4.73. The standard InChI is InChI=1S/C17H34N2/c1-12-7-5-8-13(2)16(12,18)11-17(19)14(3)9-6-10-15(17)4/h12-15H,5-11,18-19H2,1-4H3. The minimum absolute atomic E-state index is 0.0487. The van der Waals surface area contributed by atoms with E-state index in [2.05, 4.69) is 27.7 Å². The molecule has 0 spiro atoms. The summed E-state index contributed by atoms with van der Waals surface area (Å²) in [6, 6.07) is 0. The highest BCUT2D eigenvalue weighted by Gasteiger charge is 2.49. The molecule has 112 valence electrons. The van der Waals surface area contributed by atoms with Crippen LogP contribution in [0.25, 0.3) is 0 Å². The van der Waals surface area contributed by atoms with Gasteiger partial charge in [-0.05, 0) is 55.8 Å². The SMILES string of the molecule is CC1CCCC(C)C1(N)CC1(N)C(C)CCCC1C. The van der Waals surface area contributed by atoms with Crippen molar-refractivity contribution in [2.24, 2.45) is 35.1 Å². The molecule has 0 aromatic carbocycles. The van der Waals surface area contributed by atoms with Gasteiger partial charge in [0.15, 0.2) is 0 Å². The van der Waals surface area contributed by atoms with Gasteiger partial charge in [-0.1, -0.05) is 40.5 Å². The van der Waals surface area contributed by atoms with Gasteiger partial charge in [0.25, 0.3) is 0 Å². The second-order valence-electron chi connectivity index (χ2n) is 7.87. The fourth-order valence-corrected chi connectivity index (χ4v) is 4.73. The van der Waals surface area contributed by atoms with Gasteiger partial charge in [-0.25, -0.2) is 0 Å². The van der Waals surface area contributed by atoms with Crippen LogP contribution in [-0.2, 0) is 0 Å². The van der Waals surface area contributed by atoms with Gasteiger partial charge in [0.1, 0.15) is 0 Å². The van der Waals surface area contributed by atoms with E-state index in [9.17, 15) is 0 Å². The molecule has 0 saturated heterocycles. The molecule has 0 aromatic rings. The number of rotatable bonds is 2. The summed E-state index contributed by atoms with van der Waals surface area (Å²) in [7, 11) is 0. The Morgan fingerprint density at radius 1 is 0.684 bits per heavy atom. The van der Waals surface area contributed by atoms with E-state index in [4.69, 9.17) is 11.5 Å². The van der Waals surface area contributed by atoms with E-state index in [0.29, 0.717) is 23.7 Å². The Kier molecular flexibility index (Phi) is 4.32. The molecular formula is C17H34N2. The molecule has 2 nitrogen and oxygen atoms in total. The molecular weight excluding hydrogens is 232 g/mol. The molecule has 0 radical (unpaired) electrons. The first-order valence-electron chi connectivity index (χ1n) is 8.38. The Balaban J connectivity index is 2.21. The van der Waals surface area contributed by atoms with Gasteiger partial charge in [0.2, 0.25) is 0 Å². The quantitative estimate of drug-likeness (QED) is 0.801. The maximum atomic E-state index is 6.91. The van der Waals surface area contributed by atoms with Crippen molar-refractivity contribution < 1.29 is 0 Å². The highest BCUT2D eigenvalue weighted by Crippen LogP contribution is 2.47. The van der Waals surface area contributed by atoms with E-state index in [-0.39, 0.29) is 11.1 Å². The zero-order valence-electron chi connectivity index (χ0n) is 13.4. The smallest absolute Gasteiger partial charge is 0.0223 e. The predicted molar refractivity (Wildman–Crippen MR) is 82.8 cm³/mol. The van der Waals surface area contributed by atoms with Crippen LogP contribution in [0, 0.1) is 23.7 Å². The third-order valence-corrected chi connectivity index (χ3v) is 6.83. The molecule has 0 bridgehead atoms. The lowest BCUT2D eigenvalue weighted by molar-refractivity contribution is 0.0357. The van der Waals surface area contributed by atoms with Gasteiger partial charge in [-0.2, -0.15) is 0 Å². The summed E-state index contributed by atoms with van der Waals surface area (Å²) in [6.07, 6.45) is 8.80. The van der Waals surface area contributed by atoms with Crippen molar-refractivity contribution in [1.29, 1.82) is 0 Å². The molecule has 0 aliphatic heterocycles. The lowest BCUT2D eigenvalue weighted by atomic mass is 9.57. The van der Waals surface area contributed by atoms with Crippen LogP contribution in [0.15, 0.2) is 0 Å². The third-order valence-electron chi connectivity index (χ3n) is 6.83. The maximum absolute atomic E-state index is 6.91. The molecule has 19 heavy (non-hydrogen) atoms. The molecule has 2 rings (SSSR count).